The predicted molar refractivity (Wildman–Crippen MR) is 129 cm³/mol. The Bertz CT molecular complexity index is 1270. The number of unbranched alkanes of at least 4 members (excludes halogenated alkanes) is 1. The molecule has 2 aromatic heterocycles. The lowest BCUT2D eigenvalue weighted by atomic mass is 10.0. The molecule has 0 aliphatic carbocycles. The summed E-state index contributed by atoms with van der Waals surface area (Å²) in [5, 5.41) is 17.6. The van der Waals surface area contributed by atoms with Crippen LogP contribution in [-0.4, -0.2) is 43.5 Å². The number of nitrogens with zero attached hydrogens (tertiary/aromatic N) is 3. The summed E-state index contributed by atoms with van der Waals surface area (Å²) < 4.78 is 8.45. The van der Waals surface area contributed by atoms with Gasteiger partial charge in [-0.05, 0) is 45.2 Å². The molecule has 2 N–H and O–H groups in total. The highest BCUT2D eigenvalue weighted by molar-refractivity contribution is 6.01. The summed E-state index contributed by atoms with van der Waals surface area (Å²) in [6, 6.07) is 7.03. The minimum atomic E-state index is -0.685. The van der Waals surface area contributed by atoms with Crippen molar-refractivity contribution < 1.29 is 19.4 Å². The largest absolute Gasteiger partial charge is 0.505 e. The minimum absolute atomic E-state index is 0.159. The number of pyridine rings is 1. The van der Waals surface area contributed by atoms with Crippen LogP contribution in [0.25, 0.3) is 11.0 Å². The molecule has 9 heteroatoms. The first-order valence-corrected chi connectivity index (χ1v) is 11.4. The van der Waals surface area contributed by atoms with Gasteiger partial charge in [0.1, 0.15) is 11.2 Å². The van der Waals surface area contributed by atoms with Crippen LogP contribution in [0.3, 0.4) is 0 Å². The van der Waals surface area contributed by atoms with Gasteiger partial charge >= 0.3 is 5.97 Å². The van der Waals surface area contributed by atoms with E-state index in [1.807, 2.05) is 6.92 Å². The number of ether oxygens (including phenoxy) is 1. The number of nitrogens with one attached hydrogen (secondary N) is 1. The van der Waals surface area contributed by atoms with E-state index in [0.717, 1.165) is 12.8 Å². The second-order valence-corrected chi connectivity index (χ2v) is 9.24. The van der Waals surface area contributed by atoms with Crippen LogP contribution >= 0.6 is 0 Å². The molecule has 9 nitrogen and oxygen atoms in total. The summed E-state index contributed by atoms with van der Waals surface area (Å²) in [5.74, 6) is -1.55. The normalized spacial score (nSPS) is 11.6. The number of hydrogen-bond acceptors (Lipinski definition) is 6. The average molecular weight is 469 g/mol. The van der Waals surface area contributed by atoms with Gasteiger partial charge in [0, 0.05) is 26.3 Å². The lowest BCUT2D eigenvalue weighted by molar-refractivity contribution is 0.00683. The van der Waals surface area contributed by atoms with Crippen molar-refractivity contribution in [3.8, 4) is 5.75 Å². The van der Waals surface area contributed by atoms with Gasteiger partial charge in [-0.2, -0.15) is 5.10 Å². The van der Waals surface area contributed by atoms with E-state index in [0.29, 0.717) is 29.6 Å². The van der Waals surface area contributed by atoms with Crippen LogP contribution in [0.4, 0.5) is 0 Å². The first kappa shape index (κ1) is 25.0. The molecule has 0 saturated carbocycles. The molecule has 0 aliphatic heterocycles. The van der Waals surface area contributed by atoms with E-state index in [1.54, 1.807) is 58.3 Å². The van der Waals surface area contributed by atoms with Crippen molar-refractivity contribution in [2.24, 2.45) is 7.05 Å². The fourth-order valence-electron chi connectivity index (χ4n) is 3.72. The van der Waals surface area contributed by atoms with Crippen molar-refractivity contribution in [3.63, 3.8) is 0 Å². The lowest BCUT2D eigenvalue weighted by Crippen LogP contribution is -2.34. The van der Waals surface area contributed by atoms with Gasteiger partial charge in [0.15, 0.2) is 11.3 Å². The maximum Gasteiger partial charge on any atom is 0.338 e. The number of carbonyl (C=O) groups excluding carboxylic acids is 2. The Hall–Kier alpha value is -3.62. The van der Waals surface area contributed by atoms with Gasteiger partial charge in [0.05, 0.1) is 11.1 Å². The van der Waals surface area contributed by atoms with E-state index in [-0.39, 0.29) is 17.6 Å². The molecule has 0 atom stereocenters. The zero-order valence-corrected chi connectivity index (χ0v) is 20.3. The maximum atomic E-state index is 13.1. The smallest absolute Gasteiger partial charge is 0.338 e. The fraction of sp³-hybridized carbons (Fsp3) is 0.440. The van der Waals surface area contributed by atoms with Gasteiger partial charge in [0.25, 0.3) is 11.5 Å². The molecule has 0 bridgehead atoms. The number of esters is 1. The summed E-state index contributed by atoms with van der Waals surface area (Å²) in [7, 11) is 1.69. The molecule has 0 saturated heterocycles. The number of rotatable bonds is 8. The van der Waals surface area contributed by atoms with Crippen LogP contribution in [0, 0.1) is 0 Å². The summed E-state index contributed by atoms with van der Waals surface area (Å²) in [4.78, 5) is 38.6. The average Bonchev–Trinajstić information content (AvgIpc) is 3.14. The summed E-state index contributed by atoms with van der Waals surface area (Å²) in [6.45, 7) is 7.98. The van der Waals surface area contributed by atoms with Gasteiger partial charge in [0.2, 0.25) is 0 Å². The SMILES string of the molecule is CCCCn1c(=O)c(C(=O)NCCc2ccccc2C(=O)OC(C)(C)C)c(O)c2nn(C)cc21. The summed E-state index contributed by atoms with van der Waals surface area (Å²) >= 11 is 0. The Kier molecular flexibility index (Phi) is 7.44. The first-order chi connectivity index (χ1) is 16.0. The van der Waals surface area contributed by atoms with Gasteiger partial charge in [-0.25, -0.2) is 4.79 Å². The zero-order chi connectivity index (χ0) is 25.0. The van der Waals surface area contributed by atoms with Crippen LogP contribution in [0.2, 0.25) is 0 Å². The monoisotopic (exact) mass is 468 g/mol. The zero-order valence-electron chi connectivity index (χ0n) is 20.3. The highest BCUT2D eigenvalue weighted by Gasteiger charge is 2.24. The van der Waals surface area contributed by atoms with Gasteiger partial charge in [-0.3, -0.25) is 14.3 Å². The second kappa shape index (κ2) is 10.1. The fourth-order valence-corrected chi connectivity index (χ4v) is 3.72. The van der Waals surface area contributed by atoms with Gasteiger partial charge < -0.3 is 19.7 Å². The second-order valence-electron chi connectivity index (χ2n) is 9.24. The molecule has 34 heavy (non-hydrogen) atoms. The van der Waals surface area contributed by atoms with E-state index in [9.17, 15) is 19.5 Å². The first-order valence-electron chi connectivity index (χ1n) is 11.4. The summed E-state index contributed by atoms with van der Waals surface area (Å²) in [5.41, 5.74) is 0.312. The molecular weight excluding hydrogens is 436 g/mol. The van der Waals surface area contributed by atoms with Gasteiger partial charge in [-0.15, -0.1) is 0 Å². The van der Waals surface area contributed by atoms with Gasteiger partial charge in [-0.1, -0.05) is 31.5 Å². The molecule has 182 valence electrons. The molecule has 0 spiro atoms. The molecule has 0 fully saturated rings. The lowest BCUT2D eigenvalue weighted by Gasteiger charge is -2.20. The topological polar surface area (TPSA) is 115 Å². The van der Waals surface area contributed by atoms with E-state index in [2.05, 4.69) is 10.4 Å². The highest BCUT2D eigenvalue weighted by Crippen LogP contribution is 2.25. The Morgan fingerprint density at radius 1 is 1.21 bits per heavy atom. The third-order valence-electron chi connectivity index (χ3n) is 5.30. The van der Waals surface area contributed by atoms with Crippen molar-refractivity contribution in [3.05, 3.63) is 57.5 Å². The third-order valence-corrected chi connectivity index (χ3v) is 5.30. The number of benzene rings is 1. The molecule has 0 unspecified atom stereocenters. The Morgan fingerprint density at radius 2 is 1.91 bits per heavy atom. The van der Waals surface area contributed by atoms with E-state index < -0.39 is 28.8 Å². The summed E-state index contributed by atoms with van der Waals surface area (Å²) in [6.07, 6.45) is 3.62. The van der Waals surface area contributed by atoms with Crippen molar-refractivity contribution >= 4 is 22.9 Å². The number of fused-ring (bicyclic) bond motifs is 1. The maximum absolute atomic E-state index is 13.1. The number of amides is 1. The van der Waals surface area contributed by atoms with Crippen LogP contribution < -0.4 is 10.9 Å². The molecule has 3 rings (SSSR count). The molecule has 3 aromatic rings. The van der Waals surface area contributed by atoms with Crippen molar-refractivity contribution in [2.45, 2.75) is 59.1 Å². The number of aryl methyl sites for hydroxylation is 2. The Labute approximate surface area is 198 Å². The molecule has 1 amide bonds. The molecule has 2 heterocycles. The van der Waals surface area contributed by atoms with Crippen molar-refractivity contribution in [1.29, 1.82) is 0 Å². The predicted octanol–water partition coefficient (Wildman–Crippen LogP) is 3.17. The Morgan fingerprint density at radius 3 is 2.59 bits per heavy atom. The molecule has 0 aliphatic rings. The quantitative estimate of drug-likeness (QED) is 0.491. The minimum Gasteiger partial charge on any atom is -0.505 e. The number of aromatic nitrogens is 3. The Balaban J connectivity index is 1.82. The number of carbonyl (C=O) groups is 2. The van der Waals surface area contributed by atoms with E-state index >= 15 is 0 Å². The van der Waals surface area contributed by atoms with Crippen LogP contribution in [0.1, 0.15) is 66.8 Å². The standard InChI is InChI=1S/C25H32N4O5/c1-6-7-14-29-18-15-28(5)27-20(18)21(30)19(23(29)32)22(31)26-13-12-16-10-8-9-11-17(16)24(33)34-25(2,3)4/h8-11,15,30H,6-7,12-14H2,1-5H3,(H,26,31). The number of aromatic hydroxyl groups is 1. The van der Waals surface area contributed by atoms with Crippen LogP contribution in [0.15, 0.2) is 35.3 Å². The third kappa shape index (κ3) is 5.47. The van der Waals surface area contributed by atoms with Crippen LogP contribution in [0.5, 0.6) is 5.75 Å². The highest BCUT2D eigenvalue weighted by atomic mass is 16.6. The van der Waals surface area contributed by atoms with E-state index in [1.165, 1.54) is 9.25 Å². The molecule has 0 radical (unpaired) electrons. The number of hydrogen-bond donors (Lipinski definition) is 2. The van der Waals surface area contributed by atoms with Crippen LogP contribution in [-0.2, 0) is 24.8 Å². The van der Waals surface area contributed by atoms with Crippen molar-refractivity contribution in [2.75, 3.05) is 6.54 Å². The van der Waals surface area contributed by atoms with Crippen molar-refractivity contribution in [1.82, 2.24) is 19.7 Å². The molecule has 1 aromatic carbocycles. The van der Waals surface area contributed by atoms with E-state index in [4.69, 9.17) is 4.74 Å². The molecular formula is C25H32N4O5.